The average Bonchev–Trinajstić information content (AvgIpc) is 3.12. The summed E-state index contributed by atoms with van der Waals surface area (Å²) < 4.78 is 0. The van der Waals surface area contributed by atoms with Crippen molar-refractivity contribution >= 4 is 11.3 Å². The normalized spacial score (nSPS) is 18.6. The zero-order valence-corrected chi connectivity index (χ0v) is 14.1. The van der Waals surface area contributed by atoms with Crippen molar-refractivity contribution in [1.82, 2.24) is 10.2 Å². The SMILES string of the molecule is CCCNC(CCc1cccs1)C(C)(C)N1CCCC1. The van der Waals surface area contributed by atoms with E-state index >= 15 is 0 Å². The van der Waals surface area contributed by atoms with Gasteiger partial charge in [-0.25, -0.2) is 0 Å². The maximum absolute atomic E-state index is 3.81. The van der Waals surface area contributed by atoms with Crippen molar-refractivity contribution in [2.24, 2.45) is 0 Å². The second-order valence-corrected chi connectivity index (χ2v) is 7.50. The lowest BCUT2D eigenvalue weighted by Crippen LogP contribution is -2.57. The van der Waals surface area contributed by atoms with E-state index in [0.29, 0.717) is 6.04 Å². The van der Waals surface area contributed by atoms with Crippen molar-refractivity contribution in [3.8, 4) is 0 Å². The first-order valence-electron chi connectivity index (χ1n) is 8.15. The van der Waals surface area contributed by atoms with Gasteiger partial charge < -0.3 is 5.32 Å². The molecule has 2 nitrogen and oxygen atoms in total. The highest BCUT2D eigenvalue weighted by molar-refractivity contribution is 7.09. The number of aryl methyl sites for hydroxylation is 1. The number of nitrogens with one attached hydrogen (secondary N) is 1. The van der Waals surface area contributed by atoms with Crippen LogP contribution in [0.2, 0.25) is 0 Å². The molecule has 0 amide bonds. The molecule has 1 unspecified atom stereocenters. The Balaban J connectivity index is 1.97. The zero-order chi connectivity index (χ0) is 14.4. The molecule has 3 heteroatoms. The van der Waals surface area contributed by atoms with Crippen LogP contribution in [-0.2, 0) is 6.42 Å². The first-order chi connectivity index (χ1) is 9.64. The van der Waals surface area contributed by atoms with Gasteiger partial charge in [-0.15, -0.1) is 11.3 Å². The summed E-state index contributed by atoms with van der Waals surface area (Å²) in [6.45, 7) is 10.8. The maximum Gasteiger partial charge on any atom is 0.0306 e. The molecule has 1 aromatic heterocycles. The molecule has 1 atom stereocenters. The number of hydrogen-bond donors (Lipinski definition) is 1. The van der Waals surface area contributed by atoms with E-state index in [2.05, 4.69) is 48.5 Å². The van der Waals surface area contributed by atoms with Gasteiger partial charge in [-0.1, -0.05) is 13.0 Å². The van der Waals surface area contributed by atoms with E-state index in [1.54, 1.807) is 0 Å². The molecule has 1 N–H and O–H groups in total. The van der Waals surface area contributed by atoms with Crippen molar-refractivity contribution in [1.29, 1.82) is 0 Å². The Labute approximate surface area is 128 Å². The van der Waals surface area contributed by atoms with Gasteiger partial charge in [-0.2, -0.15) is 0 Å². The van der Waals surface area contributed by atoms with Crippen molar-refractivity contribution < 1.29 is 0 Å². The molecule has 1 aliphatic rings. The predicted octanol–water partition coefficient (Wildman–Crippen LogP) is 3.92. The highest BCUT2D eigenvalue weighted by Gasteiger charge is 2.36. The van der Waals surface area contributed by atoms with Crippen LogP contribution >= 0.6 is 11.3 Å². The van der Waals surface area contributed by atoms with Gasteiger partial charge in [0.1, 0.15) is 0 Å². The fraction of sp³-hybridized carbons (Fsp3) is 0.765. The quantitative estimate of drug-likeness (QED) is 0.781. The van der Waals surface area contributed by atoms with E-state index in [4.69, 9.17) is 0 Å². The number of thiophene rings is 1. The van der Waals surface area contributed by atoms with Gasteiger partial charge in [-0.3, -0.25) is 4.90 Å². The maximum atomic E-state index is 3.81. The van der Waals surface area contributed by atoms with Gasteiger partial charge in [0.2, 0.25) is 0 Å². The standard InChI is InChI=1S/C17H30N2S/c1-4-11-18-16(10-9-15-8-7-14-20-15)17(2,3)19-12-5-6-13-19/h7-8,14,16,18H,4-6,9-13H2,1-3H3. The van der Waals surface area contributed by atoms with Crippen LogP contribution in [0.3, 0.4) is 0 Å². The van der Waals surface area contributed by atoms with Crippen LogP contribution < -0.4 is 5.32 Å². The summed E-state index contributed by atoms with van der Waals surface area (Å²) in [4.78, 5) is 4.21. The van der Waals surface area contributed by atoms with Gasteiger partial charge in [0.15, 0.2) is 0 Å². The molecule has 20 heavy (non-hydrogen) atoms. The lowest BCUT2D eigenvalue weighted by atomic mass is 9.88. The smallest absolute Gasteiger partial charge is 0.0306 e. The minimum atomic E-state index is 0.267. The highest BCUT2D eigenvalue weighted by Crippen LogP contribution is 2.27. The molecule has 0 bridgehead atoms. The zero-order valence-electron chi connectivity index (χ0n) is 13.3. The second kappa shape index (κ2) is 7.58. The molecular weight excluding hydrogens is 264 g/mol. The van der Waals surface area contributed by atoms with Gasteiger partial charge >= 0.3 is 0 Å². The van der Waals surface area contributed by atoms with E-state index in [9.17, 15) is 0 Å². The number of hydrogen-bond acceptors (Lipinski definition) is 3. The van der Waals surface area contributed by atoms with Crippen LogP contribution in [0.1, 0.15) is 51.3 Å². The largest absolute Gasteiger partial charge is 0.312 e. The molecule has 2 rings (SSSR count). The van der Waals surface area contributed by atoms with E-state index in [1.807, 2.05) is 11.3 Å². The van der Waals surface area contributed by atoms with Crippen LogP contribution in [0.5, 0.6) is 0 Å². The average molecular weight is 295 g/mol. The van der Waals surface area contributed by atoms with E-state index in [-0.39, 0.29) is 5.54 Å². The number of likely N-dealkylation sites (tertiary alicyclic amines) is 1. The Morgan fingerprint density at radius 2 is 2.10 bits per heavy atom. The molecule has 0 saturated carbocycles. The van der Waals surface area contributed by atoms with Crippen molar-refractivity contribution in [2.45, 2.75) is 64.5 Å². The molecule has 1 fully saturated rings. The van der Waals surface area contributed by atoms with Crippen LogP contribution in [0, 0.1) is 0 Å². The monoisotopic (exact) mass is 294 g/mol. The van der Waals surface area contributed by atoms with E-state index < -0.39 is 0 Å². The molecule has 0 spiro atoms. The Hall–Kier alpha value is -0.380. The molecule has 0 aliphatic carbocycles. The molecule has 114 valence electrons. The Kier molecular flexibility index (Phi) is 6.06. The van der Waals surface area contributed by atoms with Gasteiger partial charge in [0, 0.05) is 16.5 Å². The molecule has 1 aromatic rings. The third-order valence-electron chi connectivity index (χ3n) is 4.67. The van der Waals surface area contributed by atoms with Crippen molar-refractivity contribution in [2.75, 3.05) is 19.6 Å². The Bertz CT molecular complexity index is 366. The summed E-state index contributed by atoms with van der Waals surface area (Å²) in [7, 11) is 0. The molecule has 0 aromatic carbocycles. The topological polar surface area (TPSA) is 15.3 Å². The predicted molar refractivity (Wildman–Crippen MR) is 89.6 cm³/mol. The Morgan fingerprint density at radius 3 is 2.70 bits per heavy atom. The third-order valence-corrected chi connectivity index (χ3v) is 5.61. The number of nitrogens with zero attached hydrogens (tertiary/aromatic N) is 1. The lowest BCUT2D eigenvalue weighted by molar-refractivity contribution is 0.102. The first kappa shape index (κ1) is 16.0. The minimum Gasteiger partial charge on any atom is -0.312 e. The van der Waals surface area contributed by atoms with Crippen LogP contribution in [0.25, 0.3) is 0 Å². The fourth-order valence-corrected chi connectivity index (χ4v) is 4.00. The molecular formula is C17H30N2S. The van der Waals surface area contributed by atoms with Crippen LogP contribution in [0.15, 0.2) is 17.5 Å². The molecule has 1 aliphatic heterocycles. The van der Waals surface area contributed by atoms with Gasteiger partial charge in [-0.05, 0) is 77.0 Å². The van der Waals surface area contributed by atoms with E-state index in [1.165, 1.54) is 50.1 Å². The first-order valence-corrected chi connectivity index (χ1v) is 9.03. The van der Waals surface area contributed by atoms with Gasteiger partial charge in [0.05, 0.1) is 0 Å². The number of rotatable bonds is 8. The summed E-state index contributed by atoms with van der Waals surface area (Å²) in [5.74, 6) is 0. The van der Waals surface area contributed by atoms with Crippen molar-refractivity contribution in [3.05, 3.63) is 22.4 Å². The Morgan fingerprint density at radius 1 is 1.35 bits per heavy atom. The van der Waals surface area contributed by atoms with Crippen molar-refractivity contribution in [3.63, 3.8) is 0 Å². The summed E-state index contributed by atoms with van der Waals surface area (Å²) in [6.07, 6.45) is 6.40. The summed E-state index contributed by atoms with van der Waals surface area (Å²) >= 11 is 1.89. The molecule has 2 heterocycles. The van der Waals surface area contributed by atoms with E-state index in [0.717, 1.165) is 6.54 Å². The third kappa shape index (κ3) is 4.06. The van der Waals surface area contributed by atoms with Gasteiger partial charge in [0.25, 0.3) is 0 Å². The summed E-state index contributed by atoms with van der Waals surface area (Å²) in [6, 6.07) is 5.02. The summed E-state index contributed by atoms with van der Waals surface area (Å²) in [5.41, 5.74) is 0.267. The minimum absolute atomic E-state index is 0.267. The highest BCUT2D eigenvalue weighted by atomic mass is 32.1. The van der Waals surface area contributed by atoms with Crippen LogP contribution in [0.4, 0.5) is 0 Å². The lowest BCUT2D eigenvalue weighted by Gasteiger charge is -2.43. The molecule has 1 saturated heterocycles. The van der Waals surface area contributed by atoms with Crippen LogP contribution in [-0.4, -0.2) is 36.1 Å². The fourth-order valence-electron chi connectivity index (χ4n) is 3.28. The summed E-state index contributed by atoms with van der Waals surface area (Å²) in [5, 5.41) is 6.00. The second-order valence-electron chi connectivity index (χ2n) is 6.47. The molecule has 0 radical (unpaired) electrons.